The van der Waals surface area contributed by atoms with Gasteiger partial charge in [0.05, 0.1) is 23.7 Å². The van der Waals surface area contributed by atoms with Gasteiger partial charge in [-0.25, -0.2) is 13.2 Å². The number of hydrogen-bond donors (Lipinski definition) is 2. The van der Waals surface area contributed by atoms with Crippen LogP contribution in [0.5, 0.6) is 5.75 Å². The van der Waals surface area contributed by atoms with Crippen molar-refractivity contribution in [2.45, 2.75) is 31.2 Å². The number of halogens is 2. The third-order valence-corrected chi connectivity index (χ3v) is 6.20. The second-order valence-electron chi connectivity index (χ2n) is 6.34. The van der Waals surface area contributed by atoms with E-state index in [0.717, 1.165) is 4.90 Å². The van der Waals surface area contributed by atoms with Gasteiger partial charge >= 0.3 is 12.6 Å². The molecule has 2 aliphatic heterocycles. The van der Waals surface area contributed by atoms with Crippen molar-refractivity contribution in [3.05, 3.63) is 29.8 Å². The molecule has 0 unspecified atom stereocenters. The molecule has 3 rings (SSSR count). The van der Waals surface area contributed by atoms with Crippen molar-refractivity contribution in [1.82, 2.24) is 10.2 Å². The van der Waals surface area contributed by atoms with Crippen molar-refractivity contribution >= 4 is 21.8 Å². The molecule has 0 radical (unpaired) electrons. The van der Waals surface area contributed by atoms with Gasteiger partial charge in [-0.15, -0.1) is 0 Å². The van der Waals surface area contributed by atoms with Crippen molar-refractivity contribution in [2.24, 2.45) is 0 Å². The third kappa shape index (κ3) is 3.12. The van der Waals surface area contributed by atoms with Gasteiger partial charge in [-0.2, -0.15) is 8.78 Å². The largest absolute Gasteiger partial charge is 0.435 e. The van der Waals surface area contributed by atoms with Crippen LogP contribution in [0.3, 0.4) is 0 Å². The van der Waals surface area contributed by atoms with E-state index in [1.165, 1.54) is 31.2 Å². The van der Waals surface area contributed by atoms with Crippen molar-refractivity contribution < 1.29 is 36.6 Å². The number of carbonyl (C=O) groups excluding carboxylic acids is 2. The Morgan fingerprint density at radius 2 is 1.88 bits per heavy atom. The van der Waals surface area contributed by atoms with Crippen LogP contribution in [0.1, 0.15) is 12.5 Å². The summed E-state index contributed by atoms with van der Waals surface area (Å²) in [4.78, 5) is 25.8. The number of rotatable bonds is 4. The number of ether oxygens (including phenoxy) is 1. The molecule has 2 heterocycles. The maximum atomic E-state index is 12.8. The lowest BCUT2D eigenvalue weighted by atomic mass is 9.91. The highest BCUT2D eigenvalue weighted by atomic mass is 32.2. The molecule has 2 N–H and O–H groups in total. The molecule has 0 aromatic heterocycles. The molecule has 0 aliphatic carbocycles. The molecule has 0 spiro atoms. The van der Waals surface area contributed by atoms with E-state index in [1.807, 2.05) is 0 Å². The van der Waals surface area contributed by atoms with Gasteiger partial charge in [-0.05, 0) is 24.6 Å². The maximum Gasteiger partial charge on any atom is 0.387 e. The smallest absolute Gasteiger partial charge is 0.387 e. The zero-order valence-electron chi connectivity index (χ0n) is 13.6. The van der Waals surface area contributed by atoms with Gasteiger partial charge in [0.2, 0.25) is 0 Å². The van der Waals surface area contributed by atoms with Gasteiger partial charge in [0, 0.05) is 0 Å². The first-order valence-corrected chi connectivity index (χ1v) is 9.45. The van der Waals surface area contributed by atoms with E-state index in [2.05, 4.69) is 10.1 Å². The number of nitrogens with zero attached hydrogens (tertiary/aromatic N) is 1. The molecule has 2 fully saturated rings. The number of urea groups is 1. The van der Waals surface area contributed by atoms with Crippen LogP contribution < -0.4 is 10.1 Å². The van der Waals surface area contributed by atoms with Crippen LogP contribution in [0.25, 0.3) is 0 Å². The molecule has 3 amide bonds. The summed E-state index contributed by atoms with van der Waals surface area (Å²) in [5, 5.41) is 12.4. The zero-order chi connectivity index (χ0) is 19.3. The Bertz CT molecular complexity index is 844. The maximum absolute atomic E-state index is 12.8. The van der Waals surface area contributed by atoms with Crippen LogP contribution in [0.4, 0.5) is 13.6 Å². The Labute approximate surface area is 147 Å². The van der Waals surface area contributed by atoms with E-state index in [0.29, 0.717) is 5.56 Å². The van der Waals surface area contributed by atoms with E-state index < -0.39 is 57.6 Å². The molecular weight excluding hydrogens is 374 g/mol. The summed E-state index contributed by atoms with van der Waals surface area (Å²) >= 11 is 0. The van der Waals surface area contributed by atoms with E-state index in [-0.39, 0.29) is 5.75 Å². The average molecular weight is 390 g/mol. The van der Waals surface area contributed by atoms with Crippen LogP contribution >= 0.6 is 0 Å². The standard InChI is InChI=1S/C15H16F2N2O6S/c1-15(8-2-4-9(5-3-8)25-13(16)17)12(21)19(14(22)18-15)10-6-26(23,24)7-11(10)20/h2-5,10-11,13,20H,6-7H2,1H3,(H,18,22)/t10-,11+,15-/m1/s1. The fourth-order valence-corrected chi connectivity index (χ4v) is 4.95. The highest BCUT2D eigenvalue weighted by Crippen LogP contribution is 2.33. The Balaban J connectivity index is 1.87. The molecule has 8 nitrogen and oxygen atoms in total. The molecular formula is C15H16F2N2O6S. The second kappa shape index (κ2) is 6.16. The number of benzene rings is 1. The Morgan fingerprint density at radius 1 is 1.27 bits per heavy atom. The first-order chi connectivity index (χ1) is 12.0. The van der Waals surface area contributed by atoms with Crippen molar-refractivity contribution in [1.29, 1.82) is 0 Å². The van der Waals surface area contributed by atoms with Crippen molar-refractivity contribution in [3.8, 4) is 5.75 Å². The molecule has 1 aromatic carbocycles. The summed E-state index contributed by atoms with van der Waals surface area (Å²) in [5.74, 6) is -1.88. The molecule has 2 aliphatic rings. The van der Waals surface area contributed by atoms with Crippen molar-refractivity contribution in [3.63, 3.8) is 0 Å². The topological polar surface area (TPSA) is 113 Å². The van der Waals surface area contributed by atoms with Crippen molar-refractivity contribution in [2.75, 3.05) is 11.5 Å². The molecule has 0 bridgehead atoms. The van der Waals surface area contributed by atoms with Crippen LogP contribution in [0, 0.1) is 0 Å². The number of hydrogen-bond acceptors (Lipinski definition) is 6. The van der Waals surface area contributed by atoms with Gasteiger partial charge in [0.25, 0.3) is 5.91 Å². The Morgan fingerprint density at radius 3 is 2.38 bits per heavy atom. The van der Waals surface area contributed by atoms with Gasteiger partial charge in [0.15, 0.2) is 9.84 Å². The fraction of sp³-hybridized carbons (Fsp3) is 0.467. The second-order valence-corrected chi connectivity index (χ2v) is 8.50. The lowest BCUT2D eigenvalue weighted by molar-refractivity contribution is -0.133. The lowest BCUT2D eigenvalue weighted by Crippen LogP contribution is -2.48. The molecule has 3 atom stereocenters. The summed E-state index contributed by atoms with van der Waals surface area (Å²) in [6, 6.07) is 3.15. The number of aliphatic hydroxyl groups is 1. The summed E-state index contributed by atoms with van der Waals surface area (Å²) in [6.45, 7) is -1.59. The van der Waals surface area contributed by atoms with Gasteiger partial charge in [-0.1, -0.05) is 12.1 Å². The predicted octanol–water partition coefficient (Wildman–Crippen LogP) is 0.213. The first kappa shape index (κ1) is 18.5. The number of sulfone groups is 1. The number of alkyl halides is 2. The molecule has 11 heteroatoms. The Kier molecular flexibility index (Phi) is 4.39. The quantitative estimate of drug-likeness (QED) is 0.711. The summed E-state index contributed by atoms with van der Waals surface area (Å²) in [5.41, 5.74) is -1.22. The van der Waals surface area contributed by atoms with Gasteiger partial charge in [0.1, 0.15) is 11.3 Å². The minimum Gasteiger partial charge on any atom is -0.435 e. The lowest BCUT2D eigenvalue weighted by Gasteiger charge is -2.25. The normalized spacial score (nSPS) is 30.7. The van der Waals surface area contributed by atoms with Crippen LogP contribution in [0.15, 0.2) is 24.3 Å². The highest BCUT2D eigenvalue weighted by molar-refractivity contribution is 7.91. The Hall–Kier alpha value is -2.27. The minimum absolute atomic E-state index is 0.113. The first-order valence-electron chi connectivity index (χ1n) is 7.63. The predicted molar refractivity (Wildman–Crippen MR) is 84.3 cm³/mol. The minimum atomic E-state index is -3.56. The summed E-state index contributed by atoms with van der Waals surface area (Å²) in [6.07, 6.45) is -1.36. The van der Waals surface area contributed by atoms with Gasteiger partial charge in [-0.3, -0.25) is 9.69 Å². The average Bonchev–Trinajstić information content (AvgIpc) is 2.92. The summed E-state index contributed by atoms with van der Waals surface area (Å²) in [7, 11) is -3.56. The zero-order valence-corrected chi connectivity index (χ0v) is 14.4. The third-order valence-electron chi connectivity index (χ3n) is 4.50. The molecule has 1 aromatic rings. The van der Waals surface area contributed by atoms with E-state index in [9.17, 15) is 31.9 Å². The number of imide groups is 1. The number of aliphatic hydroxyl groups excluding tert-OH is 1. The molecule has 0 saturated carbocycles. The number of amides is 3. The summed E-state index contributed by atoms with van der Waals surface area (Å²) < 4.78 is 52.0. The van der Waals surface area contributed by atoms with Gasteiger partial charge < -0.3 is 15.2 Å². The molecule has 142 valence electrons. The number of carbonyl (C=O) groups is 2. The SMILES string of the molecule is C[C@]1(c2ccc(OC(F)F)cc2)NC(=O)N([C@@H]2CS(=O)(=O)C[C@@H]2O)C1=O. The van der Waals surface area contributed by atoms with Crippen LogP contribution in [0.2, 0.25) is 0 Å². The van der Waals surface area contributed by atoms with Crippen LogP contribution in [-0.4, -0.2) is 60.6 Å². The van der Waals surface area contributed by atoms with Crippen LogP contribution in [-0.2, 0) is 20.2 Å². The fourth-order valence-electron chi connectivity index (χ4n) is 3.18. The van der Waals surface area contributed by atoms with E-state index in [4.69, 9.17) is 0 Å². The monoisotopic (exact) mass is 390 g/mol. The van der Waals surface area contributed by atoms with E-state index >= 15 is 0 Å². The molecule has 26 heavy (non-hydrogen) atoms. The molecule has 2 saturated heterocycles. The number of nitrogens with one attached hydrogen (secondary N) is 1. The van der Waals surface area contributed by atoms with E-state index in [1.54, 1.807) is 0 Å². The highest BCUT2D eigenvalue weighted by Gasteiger charge is 2.55.